The summed E-state index contributed by atoms with van der Waals surface area (Å²) in [5.41, 5.74) is 0.0839. The largest absolute Gasteiger partial charge is 0.471 e. The molecular weight excluding hydrogens is 363 g/mol. The average molecular weight is 372 g/mol. The smallest absolute Gasteiger partial charge is 0.318 e. The fourth-order valence-electron chi connectivity index (χ4n) is 1.75. The maximum atomic E-state index is 12.4. The molecule has 0 aromatic heterocycles. The molecule has 0 aliphatic carbocycles. The van der Waals surface area contributed by atoms with Gasteiger partial charge >= 0.3 is 12.1 Å². The molecule has 1 amide bonds. The number of carbonyl (C=O) groups excluding carboxylic acids is 2. The third kappa shape index (κ3) is 3.73. The van der Waals surface area contributed by atoms with Crippen LogP contribution in [0, 0.1) is 0 Å². The van der Waals surface area contributed by atoms with Gasteiger partial charge in [-0.05, 0) is 18.2 Å². The summed E-state index contributed by atoms with van der Waals surface area (Å²) in [6.45, 7) is 0. The first-order valence-electron chi connectivity index (χ1n) is 6.06. The van der Waals surface area contributed by atoms with Gasteiger partial charge in [-0.1, -0.05) is 46.3 Å². The zero-order chi connectivity index (χ0) is 16.3. The fraction of sp³-hybridized carbons (Fsp3) is 0.0667. The van der Waals surface area contributed by atoms with Gasteiger partial charge in [-0.15, -0.1) is 0 Å². The molecular formula is C15H9BrF3NO2. The number of halogens is 4. The molecule has 0 aliphatic heterocycles. The molecule has 0 aliphatic rings. The van der Waals surface area contributed by atoms with E-state index < -0.39 is 17.9 Å². The molecule has 0 fully saturated rings. The van der Waals surface area contributed by atoms with Gasteiger partial charge in [-0.3, -0.25) is 9.59 Å². The Balaban J connectivity index is 2.41. The number of ketones is 1. The highest BCUT2D eigenvalue weighted by Crippen LogP contribution is 2.26. The molecule has 3 nitrogen and oxygen atoms in total. The summed E-state index contributed by atoms with van der Waals surface area (Å²) in [4.78, 5) is 23.5. The zero-order valence-corrected chi connectivity index (χ0v) is 12.5. The van der Waals surface area contributed by atoms with E-state index in [1.165, 1.54) is 18.2 Å². The van der Waals surface area contributed by atoms with Crippen molar-refractivity contribution in [3.05, 3.63) is 64.1 Å². The van der Waals surface area contributed by atoms with Crippen LogP contribution in [0.1, 0.15) is 15.9 Å². The van der Waals surface area contributed by atoms with E-state index in [0.717, 1.165) is 0 Å². The lowest BCUT2D eigenvalue weighted by Gasteiger charge is -2.12. The van der Waals surface area contributed by atoms with Gasteiger partial charge in [0.05, 0.1) is 5.69 Å². The highest BCUT2D eigenvalue weighted by Gasteiger charge is 2.39. The Morgan fingerprint density at radius 3 is 2.23 bits per heavy atom. The molecule has 0 saturated heterocycles. The average Bonchev–Trinajstić information content (AvgIpc) is 2.48. The second-order valence-electron chi connectivity index (χ2n) is 4.34. The van der Waals surface area contributed by atoms with Crippen LogP contribution in [0.2, 0.25) is 0 Å². The monoisotopic (exact) mass is 371 g/mol. The zero-order valence-electron chi connectivity index (χ0n) is 10.9. The topological polar surface area (TPSA) is 46.2 Å². The molecule has 1 N–H and O–H groups in total. The van der Waals surface area contributed by atoms with Gasteiger partial charge < -0.3 is 5.32 Å². The highest BCUT2D eigenvalue weighted by molar-refractivity contribution is 9.10. The first-order valence-corrected chi connectivity index (χ1v) is 6.86. The molecule has 0 radical (unpaired) electrons. The van der Waals surface area contributed by atoms with Crippen LogP contribution in [-0.4, -0.2) is 17.9 Å². The fourth-order valence-corrected chi connectivity index (χ4v) is 2.11. The van der Waals surface area contributed by atoms with E-state index in [1.807, 2.05) is 0 Å². The number of hydrogen-bond donors (Lipinski definition) is 1. The van der Waals surface area contributed by atoms with Crippen LogP contribution < -0.4 is 5.32 Å². The molecule has 0 saturated carbocycles. The van der Waals surface area contributed by atoms with Gasteiger partial charge in [0.15, 0.2) is 5.78 Å². The number of rotatable bonds is 3. The van der Waals surface area contributed by atoms with Crippen LogP contribution in [0.5, 0.6) is 0 Å². The molecule has 2 aromatic carbocycles. The van der Waals surface area contributed by atoms with E-state index in [1.54, 1.807) is 35.6 Å². The van der Waals surface area contributed by atoms with Crippen LogP contribution in [0.25, 0.3) is 0 Å². The number of anilines is 1. The van der Waals surface area contributed by atoms with Crippen LogP contribution in [0.15, 0.2) is 53.0 Å². The molecule has 2 aromatic rings. The summed E-state index contributed by atoms with van der Waals surface area (Å²) in [5, 5.41) is 1.72. The predicted octanol–water partition coefficient (Wildman–Crippen LogP) is 4.18. The number of nitrogens with one attached hydrogen (secondary N) is 1. The van der Waals surface area contributed by atoms with Gasteiger partial charge in [0.25, 0.3) is 0 Å². The molecule has 114 valence electrons. The first-order chi connectivity index (χ1) is 10.3. The standard InChI is InChI=1S/C15H9BrF3NO2/c16-10-6-7-12(20-14(22)15(17,18)19)11(8-10)13(21)9-4-2-1-3-5-9/h1-8H,(H,20,22). The predicted molar refractivity (Wildman–Crippen MR) is 78.7 cm³/mol. The molecule has 0 heterocycles. The summed E-state index contributed by atoms with van der Waals surface area (Å²) < 4.78 is 37.6. The second-order valence-corrected chi connectivity index (χ2v) is 5.25. The quantitative estimate of drug-likeness (QED) is 0.822. The minimum atomic E-state index is -5.03. The van der Waals surface area contributed by atoms with Gasteiger partial charge in [0.2, 0.25) is 0 Å². The third-order valence-corrected chi connectivity index (χ3v) is 3.26. The summed E-state index contributed by atoms with van der Waals surface area (Å²) in [6.07, 6.45) is -5.03. The minimum Gasteiger partial charge on any atom is -0.318 e. The van der Waals surface area contributed by atoms with E-state index in [9.17, 15) is 22.8 Å². The van der Waals surface area contributed by atoms with Crippen LogP contribution in [0.3, 0.4) is 0 Å². The van der Waals surface area contributed by atoms with Crippen molar-refractivity contribution < 1.29 is 22.8 Å². The Morgan fingerprint density at radius 2 is 1.64 bits per heavy atom. The van der Waals surface area contributed by atoms with Crippen molar-refractivity contribution in [2.45, 2.75) is 6.18 Å². The number of carbonyl (C=O) groups is 2. The Bertz CT molecular complexity index is 714. The van der Waals surface area contributed by atoms with Crippen LogP contribution in [0.4, 0.5) is 18.9 Å². The van der Waals surface area contributed by atoms with Crippen LogP contribution in [-0.2, 0) is 4.79 Å². The van der Waals surface area contributed by atoms with E-state index in [-0.39, 0.29) is 11.3 Å². The number of hydrogen-bond acceptors (Lipinski definition) is 2. The summed E-state index contributed by atoms with van der Waals surface area (Å²) >= 11 is 3.16. The van der Waals surface area contributed by atoms with Crippen molar-refractivity contribution in [2.75, 3.05) is 5.32 Å². The van der Waals surface area contributed by atoms with E-state index >= 15 is 0 Å². The maximum absolute atomic E-state index is 12.4. The summed E-state index contributed by atoms with van der Waals surface area (Å²) in [5.74, 6) is -2.61. The lowest BCUT2D eigenvalue weighted by atomic mass is 10.0. The highest BCUT2D eigenvalue weighted by atomic mass is 79.9. The van der Waals surface area contributed by atoms with Crippen molar-refractivity contribution in [1.29, 1.82) is 0 Å². The minimum absolute atomic E-state index is 0.0295. The van der Waals surface area contributed by atoms with Crippen molar-refractivity contribution in [3.63, 3.8) is 0 Å². The summed E-state index contributed by atoms with van der Waals surface area (Å²) in [7, 11) is 0. The van der Waals surface area contributed by atoms with Crippen molar-refractivity contribution >= 4 is 33.3 Å². The molecule has 0 spiro atoms. The number of benzene rings is 2. The Kier molecular flexibility index (Phi) is 4.65. The van der Waals surface area contributed by atoms with Crippen molar-refractivity contribution in [2.24, 2.45) is 0 Å². The molecule has 7 heteroatoms. The maximum Gasteiger partial charge on any atom is 0.471 e. The lowest BCUT2D eigenvalue weighted by Crippen LogP contribution is -2.30. The number of alkyl halides is 3. The van der Waals surface area contributed by atoms with Gasteiger partial charge in [0.1, 0.15) is 0 Å². The van der Waals surface area contributed by atoms with Gasteiger partial charge in [-0.2, -0.15) is 13.2 Å². The molecule has 0 unspecified atom stereocenters. The van der Waals surface area contributed by atoms with Crippen molar-refractivity contribution in [1.82, 2.24) is 0 Å². The van der Waals surface area contributed by atoms with E-state index in [2.05, 4.69) is 15.9 Å². The summed E-state index contributed by atoms with van der Waals surface area (Å²) in [6, 6.07) is 12.1. The second kappa shape index (κ2) is 6.31. The molecule has 2 rings (SSSR count). The Morgan fingerprint density at radius 1 is 1.00 bits per heavy atom. The Labute approximate surface area is 132 Å². The van der Waals surface area contributed by atoms with Gasteiger partial charge in [0, 0.05) is 15.6 Å². The molecule has 0 bridgehead atoms. The third-order valence-electron chi connectivity index (χ3n) is 2.77. The van der Waals surface area contributed by atoms with E-state index in [4.69, 9.17) is 0 Å². The van der Waals surface area contributed by atoms with Gasteiger partial charge in [-0.25, -0.2) is 0 Å². The Hall–Kier alpha value is -2.15. The first kappa shape index (κ1) is 16.2. The van der Waals surface area contributed by atoms with Crippen molar-refractivity contribution in [3.8, 4) is 0 Å². The SMILES string of the molecule is O=C(c1ccccc1)c1cc(Br)ccc1NC(=O)C(F)(F)F. The van der Waals surface area contributed by atoms with E-state index in [0.29, 0.717) is 10.0 Å². The number of amides is 1. The van der Waals surface area contributed by atoms with Crippen LogP contribution >= 0.6 is 15.9 Å². The molecule has 0 atom stereocenters. The molecule has 22 heavy (non-hydrogen) atoms. The lowest BCUT2D eigenvalue weighted by molar-refractivity contribution is -0.167. The normalized spacial score (nSPS) is 11.1.